The lowest BCUT2D eigenvalue weighted by molar-refractivity contribution is 0.184. The molecule has 0 aliphatic heterocycles. The molecule has 1 aromatic heterocycles. The van der Waals surface area contributed by atoms with Gasteiger partial charge in [0.15, 0.2) is 0 Å². The number of benzene rings is 2. The SMILES string of the molecule is CSc1ccc(CN(CCO)Cc2ccccc2Cn2cccn2)cc1. The number of hydrogen-bond acceptors (Lipinski definition) is 4. The molecule has 0 amide bonds. The Balaban J connectivity index is 1.73. The van der Waals surface area contributed by atoms with Gasteiger partial charge in [0.25, 0.3) is 0 Å². The van der Waals surface area contributed by atoms with Gasteiger partial charge in [-0.25, -0.2) is 0 Å². The molecule has 136 valence electrons. The molecule has 0 unspecified atom stereocenters. The maximum Gasteiger partial charge on any atom is 0.0662 e. The van der Waals surface area contributed by atoms with Crippen molar-refractivity contribution < 1.29 is 5.11 Å². The van der Waals surface area contributed by atoms with Gasteiger partial charge in [0.05, 0.1) is 13.2 Å². The molecule has 0 aliphatic rings. The van der Waals surface area contributed by atoms with Crippen molar-refractivity contribution in [1.29, 1.82) is 0 Å². The third-order valence-electron chi connectivity index (χ3n) is 4.39. The second kappa shape index (κ2) is 9.57. The number of aliphatic hydroxyl groups is 1. The molecule has 26 heavy (non-hydrogen) atoms. The summed E-state index contributed by atoms with van der Waals surface area (Å²) < 4.78 is 1.94. The maximum absolute atomic E-state index is 9.49. The molecule has 1 heterocycles. The predicted octanol–water partition coefficient (Wildman–Crippen LogP) is 3.65. The Morgan fingerprint density at radius 1 is 1.00 bits per heavy atom. The van der Waals surface area contributed by atoms with E-state index in [0.29, 0.717) is 6.54 Å². The second-order valence-corrected chi connectivity index (χ2v) is 7.13. The van der Waals surface area contributed by atoms with Crippen molar-refractivity contribution in [2.75, 3.05) is 19.4 Å². The van der Waals surface area contributed by atoms with Crippen molar-refractivity contribution in [2.45, 2.75) is 24.5 Å². The Kier molecular flexibility index (Phi) is 6.89. The molecule has 0 radical (unpaired) electrons. The first-order valence-electron chi connectivity index (χ1n) is 8.79. The molecule has 0 atom stereocenters. The standard InChI is InChI=1S/C21H25N3OS/c1-26-21-9-7-18(8-10-21)15-23(13-14-25)16-19-5-2-3-6-20(19)17-24-12-4-11-22-24/h2-12,25H,13-17H2,1H3. The van der Waals surface area contributed by atoms with Crippen LogP contribution in [0, 0.1) is 0 Å². The van der Waals surface area contributed by atoms with Crippen LogP contribution in [0.25, 0.3) is 0 Å². The lowest BCUT2D eigenvalue weighted by Gasteiger charge is -2.23. The molecule has 5 heteroatoms. The molecule has 0 fully saturated rings. The fourth-order valence-electron chi connectivity index (χ4n) is 3.02. The van der Waals surface area contributed by atoms with Crippen LogP contribution in [-0.4, -0.2) is 39.2 Å². The van der Waals surface area contributed by atoms with Gasteiger partial charge in [0, 0.05) is 36.9 Å². The highest BCUT2D eigenvalue weighted by molar-refractivity contribution is 7.98. The van der Waals surface area contributed by atoms with Crippen LogP contribution in [0.15, 0.2) is 71.9 Å². The molecule has 2 aromatic carbocycles. The van der Waals surface area contributed by atoms with Crippen LogP contribution in [0.2, 0.25) is 0 Å². The van der Waals surface area contributed by atoms with Gasteiger partial charge in [-0.2, -0.15) is 5.10 Å². The van der Waals surface area contributed by atoms with E-state index < -0.39 is 0 Å². The Bertz CT molecular complexity index is 787. The van der Waals surface area contributed by atoms with E-state index in [0.717, 1.165) is 19.6 Å². The smallest absolute Gasteiger partial charge is 0.0662 e. The number of thioether (sulfide) groups is 1. The zero-order valence-corrected chi connectivity index (χ0v) is 15.9. The Morgan fingerprint density at radius 2 is 1.77 bits per heavy atom. The monoisotopic (exact) mass is 367 g/mol. The first kappa shape index (κ1) is 18.7. The van der Waals surface area contributed by atoms with Gasteiger partial charge in [-0.1, -0.05) is 36.4 Å². The van der Waals surface area contributed by atoms with Crippen LogP contribution in [-0.2, 0) is 19.6 Å². The summed E-state index contributed by atoms with van der Waals surface area (Å²) in [6, 6.07) is 19.1. The summed E-state index contributed by atoms with van der Waals surface area (Å²) >= 11 is 1.75. The molecular formula is C21H25N3OS. The molecule has 0 bridgehead atoms. The zero-order chi connectivity index (χ0) is 18.2. The minimum absolute atomic E-state index is 0.157. The van der Waals surface area contributed by atoms with Crippen LogP contribution in [0.5, 0.6) is 0 Å². The summed E-state index contributed by atoms with van der Waals surface area (Å²) in [5.74, 6) is 0. The molecule has 3 aromatic rings. The highest BCUT2D eigenvalue weighted by Crippen LogP contribution is 2.18. The third-order valence-corrected chi connectivity index (χ3v) is 5.13. The largest absolute Gasteiger partial charge is 0.395 e. The van der Waals surface area contributed by atoms with Gasteiger partial charge in [0.1, 0.15) is 0 Å². The van der Waals surface area contributed by atoms with E-state index in [2.05, 4.69) is 64.8 Å². The van der Waals surface area contributed by atoms with E-state index in [1.807, 2.05) is 16.9 Å². The summed E-state index contributed by atoms with van der Waals surface area (Å²) in [7, 11) is 0. The first-order chi connectivity index (χ1) is 12.8. The molecule has 0 aliphatic carbocycles. The van der Waals surface area contributed by atoms with Crippen LogP contribution in [0.3, 0.4) is 0 Å². The van der Waals surface area contributed by atoms with Crippen LogP contribution in [0.1, 0.15) is 16.7 Å². The summed E-state index contributed by atoms with van der Waals surface area (Å²) in [6.45, 7) is 3.21. The van der Waals surface area contributed by atoms with Crippen LogP contribution in [0.4, 0.5) is 0 Å². The molecule has 4 nitrogen and oxygen atoms in total. The lowest BCUT2D eigenvalue weighted by Crippen LogP contribution is -2.26. The Morgan fingerprint density at radius 3 is 2.42 bits per heavy atom. The van der Waals surface area contributed by atoms with Crippen molar-refractivity contribution in [3.05, 3.63) is 83.7 Å². The van der Waals surface area contributed by atoms with Crippen molar-refractivity contribution in [3.63, 3.8) is 0 Å². The van der Waals surface area contributed by atoms with E-state index in [9.17, 15) is 5.11 Å². The molecule has 3 rings (SSSR count). The van der Waals surface area contributed by atoms with Crippen molar-refractivity contribution in [1.82, 2.24) is 14.7 Å². The molecular weight excluding hydrogens is 342 g/mol. The molecule has 1 N–H and O–H groups in total. The fourth-order valence-corrected chi connectivity index (χ4v) is 3.43. The van der Waals surface area contributed by atoms with E-state index in [-0.39, 0.29) is 6.61 Å². The zero-order valence-electron chi connectivity index (χ0n) is 15.1. The predicted molar refractivity (Wildman–Crippen MR) is 107 cm³/mol. The maximum atomic E-state index is 9.49. The van der Waals surface area contributed by atoms with Crippen molar-refractivity contribution in [3.8, 4) is 0 Å². The summed E-state index contributed by atoms with van der Waals surface area (Å²) in [5, 5.41) is 13.8. The topological polar surface area (TPSA) is 41.3 Å². The Labute approximate surface area is 159 Å². The quantitative estimate of drug-likeness (QED) is 0.586. The minimum atomic E-state index is 0.157. The van der Waals surface area contributed by atoms with Crippen LogP contribution >= 0.6 is 11.8 Å². The fraction of sp³-hybridized carbons (Fsp3) is 0.286. The van der Waals surface area contributed by atoms with Gasteiger partial charge < -0.3 is 5.11 Å². The summed E-state index contributed by atoms with van der Waals surface area (Å²) in [4.78, 5) is 3.56. The van der Waals surface area contributed by atoms with Crippen molar-refractivity contribution >= 4 is 11.8 Å². The highest BCUT2D eigenvalue weighted by atomic mass is 32.2. The van der Waals surface area contributed by atoms with E-state index in [4.69, 9.17) is 0 Å². The highest BCUT2D eigenvalue weighted by Gasteiger charge is 2.10. The van der Waals surface area contributed by atoms with E-state index in [1.165, 1.54) is 21.6 Å². The summed E-state index contributed by atoms with van der Waals surface area (Å²) in [5.41, 5.74) is 3.80. The average molecular weight is 368 g/mol. The number of nitrogens with zero attached hydrogens (tertiary/aromatic N) is 3. The first-order valence-corrected chi connectivity index (χ1v) is 10.0. The number of hydrogen-bond donors (Lipinski definition) is 1. The number of aliphatic hydroxyl groups excluding tert-OH is 1. The third kappa shape index (κ3) is 5.21. The van der Waals surface area contributed by atoms with Gasteiger partial charge >= 0.3 is 0 Å². The lowest BCUT2D eigenvalue weighted by atomic mass is 10.1. The summed E-state index contributed by atoms with van der Waals surface area (Å²) in [6.07, 6.45) is 5.87. The normalized spacial score (nSPS) is 11.2. The van der Waals surface area contributed by atoms with Gasteiger partial charge in [-0.05, 0) is 41.1 Å². The Hall–Kier alpha value is -2.08. The minimum Gasteiger partial charge on any atom is -0.395 e. The van der Waals surface area contributed by atoms with Crippen LogP contribution < -0.4 is 0 Å². The van der Waals surface area contributed by atoms with Gasteiger partial charge in [-0.3, -0.25) is 9.58 Å². The second-order valence-electron chi connectivity index (χ2n) is 6.25. The van der Waals surface area contributed by atoms with Gasteiger partial charge in [0.2, 0.25) is 0 Å². The van der Waals surface area contributed by atoms with Crippen molar-refractivity contribution in [2.24, 2.45) is 0 Å². The van der Waals surface area contributed by atoms with Gasteiger partial charge in [-0.15, -0.1) is 11.8 Å². The average Bonchev–Trinajstić information content (AvgIpc) is 3.17. The van der Waals surface area contributed by atoms with E-state index >= 15 is 0 Å². The number of rotatable bonds is 9. The molecule has 0 saturated carbocycles. The molecule has 0 spiro atoms. The van der Waals surface area contributed by atoms with E-state index in [1.54, 1.807) is 18.0 Å². The number of aromatic nitrogens is 2. The molecule has 0 saturated heterocycles.